The first-order valence-electron chi connectivity index (χ1n) is 12.2. The van der Waals surface area contributed by atoms with Gasteiger partial charge in [0.1, 0.15) is 0 Å². The van der Waals surface area contributed by atoms with Gasteiger partial charge >= 0.3 is 0 Å². The van der Waals surface area contributed by atoms with Crippen molar-refractivity contribution in [1.29, 1.82) is 0 Å². The predicted octanol–water partition coefficient (Wildman–Crippen LogP) is 4.73. The predicted molar refractivity (Wildman–Crippen MR) is 143 cm³/mol. The maximum Gasteiger partial charge on any atom is 0.271 e. The minimum absolute atomic E-state index is 0.0223. The van der Waals surface area contributed by atoms with Crippen molar-refractivity contribution in [1.82, 2.24) is 4.57 Å². The molecule has 0 saturated heterocycles. The van der Waals surface area contributed by atoms with E-state index in [9.17, 15) is 4.79 Å². The molecule has 3 aromatic carbocycles. The minimum Gasteiger partial charge on any atom is -0.493 e. The van der Waals surface area contributed by atoms with Crippen molar-refractivity contribution in [2.45, 2.75) is 25.8 Å². The van der Waals surface area contributed by atoms with E-state index in [4.69, 9.17) is 14.5 Å². The third-order valence-electron chi connectivity index (χ3n) is 6.77. The van der Waals surface area contributed by atoms with Crippen LogP contribution in [0.2, 0.25) is 0 Å². The molecule has 0 N–H and O–H groups in total. The molecule has 180 valence electrons. The van der Waals surface area contributed by atoms with Crippen molar-refractivity contribution in [2.24, 2.45) is 4.99 Å². The number of aromatic nitrogens is 1. The highest BCUT2D eigenvalue weighted by molar-refractivity contribution is 7.07. The van der Waals surface area contributed by atoms with Gasteiger partial charge in [-0.1, -0.05) is 72.0 Å². The molecular formula is C30H26N2O3S. The summed E-state index contributed by atoms with van der Waals surface area (Å²) in [6, 6.07) is 24.3. The zero-order valence-corrected chi connectivity index (χ0v) is 21.0. The monoisotopic (exact) mass is 494 g/mol. The van der Waals surface area contributed by atoms with Crippen LogP contribution in [-0.4, -0.2) is 18.3 Å². The van der Waals surface area contributed by atoms with E-state index >= 15 is 0 Å². The molecular weight excluding hydrogens is 468 g/mol. The van der Waals surface area contributed by atoms with Crippen molar-refractivity contribution >= 4 is 23.1 Å². The van der Waals surface area contributed by atoms with Gasteiger partial charge in [-0.25, -0.2) is 4.99 Å². The summed E-state index contributed by atoms with van der Waals surface area (Å²) in [5.74, 6) is 1.33. The smallest absolute Gasteiger partial charge is 0.271 e. The fraction of sp³-hybridized carbons (Fsp3) is 0.200. The van der Waals surface area contributed by atoms with Crippen LogP contribution in [0.5, 0.6) is 11.5 Å². The highest BCUT2D eigenvalue weighted by Gasteiger charge is 2.32. The van der Waals surface area contributed by atoms with Crippen LogP contribution in [0.15, 0.2) is 88.2 Å². The summed E-state index contributed by atoms with van der Waals surface area (Å²) in [4.78, 5) is 19.7. The lowest BCUT2D eigenvalue weighted by Crippen LogP contribution is -2.38. The highest BCUT2D eigenvalue weighted by atomic mass is 32.1. The lowest BCUT2D eigenvalue weighted by atomic mass is 9.83. The Kier molecular flexibility index (Phi) is 5.82. The number of thiazole rings is 1. The van der Waals surface area contributed by atoms with E-state index in [-0.39, 0.29) is 11.6 Å². The molecule has 1 aliphatic heterocycles. The number of hydrogen-bond donors (Lipinski definition) is 0. The van der Waals surface area contributed by atoms with Crippen molar-refractivity contribution < 1.29 is 9.47 Å². The maximum atomic E-state index is 13.8. The SMILES string of the molecule is CCOc1ccc(C=c2sc3n(c2=O)[C@@H](c2ccccc2)C2=C(N=3)c3ccccc3CC2)cc1OC. The molecule has 1 atom stereocenters. The summed E-state index contributed by atoms with van der Waals surface area (Å²) in [7, 11) is 1.62. The first kappa shape index (κ1) is 22.6. The molecule has 0 saturated carbocycles. The number of allylic oxidation sites excluding steroid dienone is 1. The third kappa shape index (κ3) is 3.78. The lowest BCUT2D eigenvalue weighted by Gasteiger charge is -2.30. The molecule has 1 aliphatic carbocycles. The summed E-state index contributed by atoms with van der Waals surface area (Å²) < 4.78 is 13.7. The van der Waals surface area contributed by atoms with Gasteiger partial charge in [-0.05, 0) is 60.2 Å². The van der Waals surface area contributed by atoms with Gasteiger partial charge in [-0.2, -0.15) is 0 Å². The molecule has 0 amide bonds. The van der Waals surface area contributed by atoms with E-state index in [1.165, 1.54) is 28.0 Å². The molecule has 0 unspecified atom stereocenters. The second-order valence-electron chi connectivity index (χ2n) is 8.87. The summed E-state index contributed by atoms with van der Waals surface area (Å²) in [6.07, 6.45) is 3.75. The second kappa shape index (κ2) is 9.28. The van der Waals surface area contributed by atoms with Crippen molar-refractivity contribution in [3.05, 3.63) is 120 Å². The zero-order valence-electron chi connectivity index (χ0n) is 20.2. The number of ether oxygens (including phenoxy) is 2. The van der Waals surface area contributed by atoms with E-state index in [2.05, 4.69) is 36.4 Å². The lowest BCUT2D eigenvalue weighted by molar-refractivity contribution is 0.311. The number of rotatable bonds is 5. The normalized spacial score (nSPS) is 16.6. The van der Waals surface area contributed by atoms with Gasteiger partial charge in [0.05, 0.1) is 30.0 Å². The van der Waals surface area contributed by atoms with Crippen LogP contribution in [0.25, 0.3) is 11.8 Å². The van der Waals surface area contributed by atoms with Crippen molar-refractivity contribution in [3.8, 4) is 11.5 Å². The van der Waals surface area contributed by atoms with Crippen LogP contribution in [0.1, 0.15) is 41.6 Å². The molecule has 6 heteroatoms. The number of aryl methyl sites for hydroxylation is 1. The van der Waals surface area contributed by atoms with Crippen LogP contribution in [-0.2, 0) is 6.42 Å². The quantitative estimate of drug-likeness (QED) is 0.403. The van der Waals surface area contributed by atoms with Gasteiger partial charge in [-0.15, -0.1) is 0 Å². The Hall–Kier alpha value is -3.90. The molecule has 0 fully saturated rings. The highest BCUT2D eigenvalue weighted by Crippen LogP contribution is 2.41. The number of nitrogens with zero attached hydrogens (tertiary/aromatic N) is 2. The standard InChI is InChI=1S/C30H26N2O3S/c1-3-35-24-16-13-19(17-25(24)34-2)18-26-29(33)32-28(21-10-5-4-6-11-21)23-15-14-20-9-7-8-12-22(20)27(23)31-30(32)36-26/h4-13,16-18,28H,3,14-15H2,1-2H3/t28-/m0/s1. The van der Waals surface area contributed by atoms with Crippen molar-refractivity contribution in [3.63, 3.8) is 0 Å². The minimum atomic E-state index is -0.164. The molecule has 0 bridgehead atoms. The van der Waals surface area contributed by atoms with Crippen LogP contribution in [0, 0.1) is 0 Å². The first-order valence-corrected chi connectivity index (χ1v) is 13.0. The maximum absolute atomic E-state index is 13.8. The Morgan fingerprint density at radius 1 is 1.03 bits per heavy atom. The first-order chi connectivity index (χ1) is 17.7. The van der Waals surface area contributed by atoms with Crippen LogP contribution in [0.3, 0.4) is 0 Å². The van der Waals surface area contributed by atoms with Crippen LogP contribution in [0.4, 0.5) is 0 Å². The number of hydrogen-bond acceptors (Lipinski definition) is 5. The largest absolute Gasteiger partial charge is 0.493 e. The molecule has 2 aliphatic rings. The second-order valence-corrected chi connectivity index (χ2v) is 9.88. The topological polar surface area (TPSA) is 52.8 Å². The Morgan fingerprint density at radius 3 is 2.64 bits per heavy atom. The summed E-state index contributed by atoms with van der Waals surface area (Å²) in [5, 5.41) is 0. The Morgan fingerprint density at radius 2 is 1.83 bits per heavy atom. The van der Waals surface area contributed by atoms with E-state index in [1.54, 1.807) is 7.11 Å². The number of fused-ring (bicyclic) bond motifs is 3. The average molecular weight is 495 g/mol. The molecule has 5 nitrogen and oxygen atoms in total. The molecule has 36 heavy (non-hydrogen) atoms. The van der Waals surface area contributed by atoms with E-state index in [1.807, 2.05) is 54.0 Å². The molecule has 0 radical (unpaired) electrons. The number of benzene rings is 3. The zero-order chi connectivity index (χ0) is 24.6. The third-order valence-corrected chi connectivity index (χ3v) is 7.76. The van der Waals surface area contributed by atoms with Crippen LogP contribution < -0.4 is 24.4 Å². The van der Waals surface area contributed by atoms with E-state index in [0.717, 1.165) is 34.5 Å². The van der Waals surface area contributed by atoms with Gasteiger partial charge < -0.3 is 9.47 Å². The Labute approximate surface area is 213 Å². The van der Waals surface area contributed by atoms with Gasteiger partial charge in [-0.3, -0.25) is 9.36 Å². The van der Waals surface area contributed by atoms with Crippen LogP contribution >= 0.6 is 11.3 Å². The van der Waals surface area contributed by atoms with Gasteiger partial charge in [0.15, 0.2) is 16.3 Å². The fourth-order valence-electron chi connectivity index (χ4n) is 5.16. The number of methoxy groups -OCH3 is 1. The van der Waals surface area contributed by atoms with E-state index in [0.29, 0.717) is 22.6 Å². The van der Waals surface area contributed by atoms with Crippen molar-refractivity contribution in [2.75, 3.05) is 13.7 Å². The summed E-state index contributed by atoms with van der Waals surface area (Å²) in [5.41, 5.74) is 6.68. The molecule has 0 spiro atoms. The Bertz CT molecular complexity index is 1660. The molecule has 4 aromatic rings. The Balaban J connectivity index is 1.56. The molecule has 1 aromatic heterocycles. The van der Waals surface area contributed by atoms with Gasteiger partial charge in [0.25, 0.3) is 5.56 Å². The average Bonchev–Trinajstić information content (AvgIpc) is 3.23. The van der Waals surface area contributed by atoms with Gasteiger partial charge in [0.2, 0.25) is 0 Å². The van der Waals surface area contributed by atoms with E-state index < -0.39 is 0 Å². The summed E-state index contributed by atoms with van der Waals surface area (Å²) in [6.45, 7) is 2.50. The fourth-order valence-corrected chi connectivity index (χ4v) is 6.16. The van der Waals surface area contributed by atoms with Gasteiger partial charge in [0, 0.05) is 5.56 Å². The molecule has 6 rings (SSSR count). The molecule has 2 heterocycles. The summed E-state index contributed by atoms with van der Waals surface area (Å²) >= 11 is 1.44.